The van der Waals surface area contributed by atoms with Gasteiger partial charge in [0, 0.05) is 16.1 Å². The molecule has 0 spiro atoms. The summed E-state index contributed by atoms with van der Waals surface area (Å²) in [6.07, 6.45) is 0. The summed E-state index contributed by atoms with van der Waals surface area (Å²) < 4.78 is 10.9. The van der Waals surface area contributed by atoms with E-state index in [1.165, 1.54) is 0 Å². The van der Waals surface area contributed by atoms with Gasteiger partial charge in [-0.15, -0.1) is 0 Å². The molecule has 0 heterocycles. The molecule has 0 fully saturated rings. The number of benzene rings is 3. The largest absolute Gasteiger partial charge is 0.493 e. The van der Waals surface area contributed by atoms with Crippen molar-refractivity contribution in [3.05, 3.63) is 94.5 Å². The van der Waals surface area contributed by atoms with Crippen molar-refractivity contribution >= 4 is 23.3 Å². The van der Waals surface area contributed by atoms with Gasteiger partial charge in [0.25, 0.3) is 5.91 Å². The first kappa shape index (κ1) is 20.4. The minimum Gasteiger partial charge on any atom is -0.493 e. The maximum atomic E-state index is 12.8. The lowest BCUT2D eigenvalue weighted by atomic mass is 9.98. The second-order valence-electron chi connectivity index (χ2n) is 6.14. The van der Waals surface area contributed by atoms with Gasteiger partial charge in [-0.3, -0.25) is 9.59 Å². The first-order valence-corrected chi connectivity index (χ1v) is 9.41. The Labute approximate surface area is 174 Å². The van der Waals surface area contributed by atoms with Gasteiger partial charge < -0.3 is 14.8 Å². The van der Waals surface area contributed by atoms with E-state index in [4.69, 9.17) is 21.1 Å². The SMILES string of the molecule is COc1ccccc1OCCNC(=O)c1ccccc1C(=O)c1ccc(Cl)cc1. The minimum absolute atomic E-state index is 0.238. The van der Waals surface area contributed by atoms with Crippen LogP contribution in [0.1, 0.15) is 26.3 Å². The Morgan fingerprint density at radius 1 is 0.862 bits per heavy atom. The number of carbonyl (C=O) groups excluding carboxylic acids is 2. The molecule has 148 valence electrons. The van der Waals surface area contributed by atoms with Crippen molar-refractivity contribution in [3.63, 3.8) is 0 Å². The molecule has 3 rings (SSSR count). The topological polar surface area (TPSA) is 64.6 Å². The lowest BCUT2D eigenvalue weighted by Gasteiger charge is -2.12. The molecule has 3 aromatic rings. The monoisotopic (exact) mass is 409 g/mol. The van der Waals surface area contributed by atoms with Gasteiger partial charge in [-0.25, -0.2) is 0 Å². The standard InChI is InChI=1S/C23H20ClNO4/c1-28-20-8-4-5-9-21(20)29-15-14-25-23(27)19-7-3-2-6-18(19)22(26)16-10-12-17(24)13-11-16/h2-13H,14-15H2,1H3,(H,25,27). The van der Waals surface area contributed by atoms with Crippen LogP contribution in [0.25, 0.3) is 0 Å². The van der Waals surface area contributed by atoms with E-state index in [0.717, 1.165) is 0 Å². The number of rotatable bonds is 8. The number of methoxy groups -OCH3 is 1. The van der Waals surface area contributed by atoms with Crippen LogP contribution >= 0.6 is 11.6 Å². The smallest absolute Gasteiger partial charge is 0.252 e. The van der Waals surface area contributed by atoms with E-state index in [0.29, 0.717) is 33.2 Å². The molecule has 0 radical (unpaired) electrons. The number of ketones is 1. The number of para-hydroxylation sites is 2. The van der Waals surface area contributed by atoms with Crippen molar-refractivity contribution in [2.45, 2.75) is 0 Å². The highest BCUT2D eigenvalue weighted by Crippen LogP contribution is 2.25. The minimum atomic E-state index is -0.341. The van der Waals surface area contributed by atoms with Gasteiger partial charge in [0.15, 0.2) is 17.3 Å². The van der Waals surface area contributed by atoms with Crippen LogP contribution in [0, 0.1) is 0 Å². The lowest BCUT2D eigenvalue weighted by molar-refractivity contribution is 0.0936. The molecule has 0 aliphatic carbocycles. The summed E-state index contributed by atoms with van der Waals surface area (Å²) in [7, 11) is 1.57. The van der Waals surface area contributed by atoms with E-state index in [2.05, 4.69) is 5.32 Å². The summed E-state index contributed by atoms with van der Waals surface area (Å²) >= 11 is 5.88. The van der Waals surface area contributed by atoms with Crippen LogP contribution in [0.15, 0.2) is 72.8 Å². The number of halogens is 1. The van der Waals surface area contributed by atoms with Crippen molar-refractivity contribution in [1.82, 2.24) is 5.32 Å². The Balaban J connectivity index is 1.64. The number of hydrogen-bond donors (Lipinski definition) is 1. The zero-order chi connectivity index (χ0) is 20.6. The highest BCUT2D eigenvalue weighted by atomic mass is 35.5. The molecule has 0 atom stereocenters. The number of carbonyl (C=O) groups is 2. The van der Waals surface area contributed by atoms with Gasteiger partial charge >= 0.3 is 0 Å². The third kappa shape index (κ3) is 5.15. The summed E-state index contributed by atoms with van der Waals surface area (Å²) in [5.41, 5.74) is 1.11. The molecule has 0 saturated carbocycles. The van der Waals surface area contributed by atoms with E-state index < -0.39 is 0 Å². The molecule has 0 aromatic heterocycles. The van der Waals surface area contributed by atoms with Crippen LogP contribution < -0.4 is 14.8 Å². The molecular formula is C23H20ClNO4. The first-order valence-electron chi connectivity index (χ1n) is 9.03. The lowest BCUT2D eigenvalue weighted by Crippen LogP contribution is -2.29. The molecule has 0 bridgehead atoms. The molecular weight excluding hydrogens is 390 g/mol. The number of nitrogens with one attached hydrogen (secondary N) is 1. The number of amides is 1. The fraction of sp³-hybridized carbons (Fsp3) is 0.130. The fourth-order valence-corrected chi connectivity index (χ4v) is 2.92. The Morgan fingerprint density at radius 2 is 1.48 bits per heavy atom. The van der Waals surface area contributed by atoms with Crippen LogP contribution in [0.3, 0.4) is 0 Å². The van der Waals surface area contributed by atoms with Crippen molar-refractivity contribution in [1.29, 1.82) is 0 Å². The Morgan fingerprint density at radius 3 is 2.17 bits per heavy atom. The first-order chi connectivity index (χ1) is 14.1. The molecule has 3 aromatic carbocycles. The third-order valence-electron chi connectivity index (χ3n) is 4.24. The quantitative estimate of drug-likeness (QED) is 0.442. The fourth-order valence-electron chi connectivity index (χ4n) is 2.79. The zero-order valence-corrected chi connectivity index (χ0v) is 16.6. The maximum absolute atomic E-state index is 12.8. The molecule has 0 saturated heterocycles. The van der Waals surface area contributed by atoms with Crippen molar-refractivity contribution < 1.29 is 19.1 Å². The van der Waals surface area contributed by atoms with Crippen LogP contribution in [0.2, 0.25) is 5.02 Å². The molecule has 1 N–H and O–H groups in total. The molecule has 5 nitrogen and oxygen atoms in total. The van der Waals surface area contributed by atoms with E-state index in [1.54, 1.807) is 67.8 Å². The zero-order valence-electron chi connectivity index (χ0n) is 15.9. The van der Waals surface area contributed by atoms with E-state index in [9.17, 15) is 9.59 Å². The van der Waals surface area contributed by atoms with Gasteiger partial charge in [-0.2, -0.15) is 0 Å². The number of ether oxygens (including phenoxy) is 2. The summed E-state index contributed by atoms with van der Waals surface area (Å²) in [4.78, 5) is 25.4. The highest BCUT2D eigenvalue weighted by Gasteiger charge is 2.17. The molecule has 0 aliphatic rings. The molecule has 6 heteroatoms. The second kappa shape index (κ2) is 9.75. The van der Waals surface area contributed by atoms with E-state index >= 15 is 0 Å². The average Bonchev–Trinajstić information content (AvgIpc) is 2.77. The van der Waals surface area contributed by atoms with Crippen LogP contribution in [-0.4, -0.2) is 32.0 Å². The van der Waals surface area contributed by atoms with Gasteiger partial charge in [0.1, 0.15) is 6.61 Å². The summed E-state index contributed by atoms with van der Waals surface area (Å²) in [5, 5.41) is 3.33. The van der Waals surface area contributed by atoms with Crippen LogP contribution in [0.5, 0.6) is 11.5 Å². The average molecular weight is 410 g/mol. The van der Waals surface area contributed by atoms with Gasteiger partial charge in [-0.1, -0.05) is 41.9 Å². The van der Waals surface area contributed by atoms with Crippen molar-refractivity contribution in [2.75, 3.05) is 20.3 Å². The molecule has 29 heavy (non-hydrogen) atoms. The van der Waals surface area contributed by atoms with Crippen LogP contribution in [0.4, 0.5) is 0 Å². The maximum Gasteiger partial charge on any atom is 0.252 e. The van der Waals surface area contributed by atoms with E-state index in [1.807, 2.05) is 12.1 Å². The summed E-state index contributed by atoms with van der Waals surface area (Å²) in [6.45, 7) is 0.541. The van der Waals surface area contributed by atoms with Gasteiger partial charge in [-0.05, 0) is 42.5 Å². The Kier molecular flexibility index (Phi) is 6.87. The molecule has 0 unspecified atom stereocenters. The summed E-state index contributed by atoms with van der Waals surface area (Å²) in [5.74, 6) is 0.643. The molecule has 1 amide bonds. The highest BCUT2D eigenvalue weighted by molar-refractivity contribution is 6.30. The van der Waals surface area contributed by atoms with Crippen molar-refractivity contribution in [3.8, 4) is 11.5 Å². The Hall–Kier alpha value is -3.31. The van der Waals surface area contributed by atoms with Crippen LogP contribution in [-0.2, 0) is 0 Å². The van der Waals surface area contributed by atoms with Gasteiger partial charge in [0.05, 0.1) is 19.2 Å². The Bertz CT molecular complexity index is 1000. The predicted octanol–water partition coefficient (Wildman–Crippen LogP) is 4.39. The third-order valence-corrected chi connectivity index (χ3v) is 4.49. The van der Waals surface area contributed by atoms with Crippen molar-refractivity contribution in [2.24, 2.45) is 0 Å². The second-order valence-corrected chi connectivity index (χ2v) is 6.57. The predicted molar refractivity (Wildman–Crippen MR) is 112 cm³/mol. The summed E-state index contributed by atoms with van der Waals surface area (Å²) in [6, 6.07) is 20.6. The van der Waals surface area contributed by atoms with Gasteiger partial charge in [0.2, 0.25) is 0 Å². The number of hydrogen-bond acceptors (Lipinski definition) is 4. The molecule has 0 aliphatic heterocycles. The normalized spacial score (nSPS) is 10.3. The van der Waals surface area contributed by atoms with E-state index in [-0.39, 0.29) is 24.8 Å².